The Hall–Kier alpha value is -2.92. The average molecular weight is 374 g/mol. The molecule has 1 aliphatic rings. The number of nitrogens with zero attached hydrogens (tertiary/aromatic N) is 2. The van der Waals surface area contributed by atoms with Gasteiger partial charge in [-0.15, -0.1) is 0 Å². The molecule has 4 rings (SSSR count). The van der Waals surface area contributed by atoms with Crippen molar-refractivity contribution in [2.75, 3.05) is 13.6 Å². The number of carbonyl (C=O) groups excluding carboxylic acids is 1. The molecular weight excluding hydrogens is 348 g/mol. The van der Waals surface area contributed by atoms with Crippen molar-refractivity contribution in [3.05, 3.63) is 89.2 Å². The Morgan fingerprint density at radius 1 is 1.07 bits per heavy atom. The van der Waals surface area contributed by atoms with E-state index in [0.29, 0.717) is 6.54 Å². The molecule has 0 atom stereocenters. The molecule has 0 unspecified atom stereocenters. The van der Waals surface area contributed by atoms with Crippen molar-refractivity contribution < 1.29 is 4.79 Å². The first kappa shape index (κ1) is 18.4. The number of H-pyrrole nitrogens is 1. The summed E-state index contributed by atoms with van der Waals surface area (Å²) in [5.74, 6) is 0.102. The maximum atomic E-state index is 13.4. The van der Waals surface area contributed by atoms with Crippen LogP contribution in [-0.2, 0) is 30.6 Å². The molecule has 1 heterocycles. The number of benzene rings is 2. The van der Waals surface area contributed by atoms with Crippen molar-refractivity contribution in [3.63, 3.8) is 0 Å². The standard InChI is InChI=1S/C23H26N4O/c1-27(17-18-7-3-2-4-8-18)23(13-20-9-5-6-10-21(20)14-23)22(28)24-12-11-19-15-25-26-16-19/h2-10,15-16H,11-14,17H2,1H3,(H,24,28)(H,25,26). The number of likely N-dealkylation sites (N-methyl/N-ethyl adjacent to an activating group) is 1. The van der Waals surface area contributed by atoms with E-state index in [1.807, 2.05) is 24.4 Å². The van der Waals surface area contributed by atoms with E-state index in [2.05, 4.69) is 63.9 Å². The molecule has 0 bridgehead atoms. The van der Waals surface area contributed by atoms with Crippen LogP contribution in [0.1, 0.15) is 22.3 Å². The zero-order chi connectivity index (χ0) is 19.4. The van der Waals surface area contributed by atoms with Crippen molar-refractivity contribution in [1.82, 2.24) is 20.4 Å². The van der Waals surface area contributed by atoms with Crippen LogP contribution in [0.3, 0.4) is 0 Å². The molecule has 5 nitrogen and oxygen atoms in total. The van der Waals surface area contributed by atoms with Gasteiger partial charge in [0.2, 0.25) is 5.91 Å². The van der Waals surface area contributed by atoms with Crippen LogP contribution in [0.25, 0.3) is 0 Å². The van der Waals surface area contributed by atoms with Crippen molar-refractivity contribution >= 4 is 5.91 Å². The number of hydrogen-bond acceptors (Lipinski definition) is 3. The second-order valence-electron chi connectivity index (χ2n) is 7.61. The second-order valence-corrected chi connectivity index (χ2v) is 7.61. The zero-order valence-corrected chi connectivity index (χ0v) is 16.2. The van der Waals surface area contributed by atoms with E-state index in [9.17, 15) is 4.79 Å². The number of nitrogens with one attached hydrogen (secondary N) is 2. The van der Waals surface area contributed by atoms with Gasteiger partial charge < -0.3 is 5.32 Å². The van der Waals surface area contributed by atoms with Gasteiger partial charge in [0, 0.05) is 32.1 Å². The molecule has 1 aliphatic carbocycles. The van der Waals surface area contributed by atoms with Crippen molar-refractivity contribution in [2.24, 2.45) is 0 Å². The highest BCUT2D eigenvalue weighted by Gasteiger charge is 2.46. The second kappa shape index (κ2) is 7.98. The van der Waals surface area contributed by atoms with E-state index in [0.717, 1.165) is 31.4 Å². The highest BCUT2D eigenvalue weighted by Crippen LogP contribution is 2.35. The summed E-state index contributed by atoms with van der Waals surface area (Å²) in [4.78, 5) is 15.6. The number of aromatic amines is 1. The lowest BCUT2D eigenvalue weighted by Crippen LogP contribution is -2.58. The number of amides is 1. The fourth-order valence-corrected chi connectivity index (χ4v) is 4.11. The van der Waals surface area contributed by atoms with Gasteiger partial charge in [0.1, 0.15) is 5.54 Å². The van der Waals surface area contributed by atoms with E-state index in [1.165, 1.54) is 16.7 Å². The molecule has 2 aromatic carbocycles. The first-order chi connectivity index (χ1) is 13.7. The molecular formula is C23H26N4O. The lowest BCUT2D eigenvalue weighted by Gasteiger charge is -2.37. The fraction of sp³-hybridized carbons (Fsp3) is 0.304. The Balaban J connectivity index is 1.52. The number of rotatable bonds is 7. The predicted octanol–water partition coefficient (Wildman–Crippen LogP) is 2.74. The quantitative estimate of drug-likeness (QED) is 0.668. The van der Waals surface area contributed by atoms with Gasteiger partial charge in [-0.05, 0) is 35.7 Å². The summed E-state index contributed by atoms with van der Waals surface area (Å²) < 4.78 is 0. The van der Waals surface area contributed by atoms with Gasteiger partial charge in [0.25, 0.3) is 0 Å². The van der Waals surface area contributed by atoms with Crippen LogP contribution in [-0.4, -0.2) is 40.1 Å². The van der Waals surface area contributed by atoms with Gasteiger partial charge in [0.15, 0.2) is 0 Å². The molecule has 2 N–H and O–H groups in total. The topological polar surface area (TPSA) is 61.0 Å². The average Bonchev–Trinajstić information content (AvgIpc) is 3.37. The minimum atomic E-state index is -0.560. The summed E-state index contributed by atoms with van der Waals surface area (Å²) in [6, 6.07) is 18.7. The zero-order valence-electron chi connectivity index (χ0n) is 16.2. The van der Waals surface area contributed by atoms with Gasteiger partial charge in [-0.3, -0.25) is 14.8 Å². The van der Waals surface area contributed by atoms with Crippen LogP contribution >= 0.6 is 0 Å². The normalized spacial score (nSPS) is 14.8. The Morgan fingerprint density at radius 2 is 1.75 bits per heavy atom. The Labute approximate surface area is 165 Å². The predicted molar refractivity (Wildman–Crippen MR) is 110 cm³/mol. The van der Waals surface area contributed by atoms with Crippen LogP contribution in [0.5, 0.6) is 0 Å². The first-order valence-corrected chi connectivity index (χ1v) is 9.75. The van der Waals surface area contributed by atoms with Crippen molar-refractivity contribution in [3.8, 4) is 0 Å². The van der Waals surface area contributed by atoms with E-state index in [-0.39, 0.29) is 5.91 Å². The molecule has 0 fully saturated rings. The minimum Gasteiger partial charge on any atom is -0.354 e. The molecule has 28 heavy (non-hydrogen) atoms. The highest BCUT2D eigenvalue weighted by molar-refractivity contribution is 5.88. The Morgan fingerprint density at radius 3 is 2.39 bits per heavy atom. The summed E-state index contributed by atoms with van der Waals surface area (Å²) in [7, 11) is 2.06. The number of carbonyl (C=O) groups is 1. The molecule has 0 aliphatic heterocycles. The lowest BCUT2D eigenvalue weighted by molar-refractivity contribution is -0.132. The maximum absolute atomic E-state index is 13.4. The maximum Gasteiger partial charge on any atom is 0.241 e. The monoisotopic (exact) mass is 374 g/mol. The summed E-state index contributed by atoms with van der Waals surface area (Å²) in [5.41, 5.74) is 4.30. The molecule has 144 valence electrons. The van der Waals surface area contributed by atoms with Crippen LogP contribution in [0.15, 0.2) is 67.0 Å². The van der Waals surface area contributed by atoms with Crippen molar-refractivity contribution in [2.45, 2.75) is 31.3 Å². The van der Waals surface area contributed by atoms with Gasteiger partial charge in [-0.25, -0.2) is 0 Å². The molecule has 0 saturated heterocycles. The molecule has 3 aromatic rings. The summed E-state index contributed by atoms with van der Waals surface area (Å²) in [6.07, 6.45) is 5.92. The fourth-order valence-electron chi connectivity index (χ4n) is 4.11. The Bertz CT molecular complexity index is 896. The third-order valence-corrected chi connectivity index (χ3v) is 5.75. The number of aromatic nitrogens is 2. The largest absolute Gasteiger partial charge is 0.354 e. The lowest BCUT2D eigenvalue weighted by atomic mass is 9.91. The van der Waals surface area contributed by atoms with Crippen LogP contribution in [0, 0.1) is 0 Å². The third-order valence-electron chi connectivity index (χ3n) is 5.75. The van der Waals surface area contributed by atoms with E-state index in [1.54, 1.807) is 6.20 Å². The Kier molecular flexibility index (Phi) is 5.26. The highest BCUT2D eigenvalue weighted by atomic mass is 16.2. The van der Waals surface area contributed by atoms with Gasteiger partial charge in [0.05, 0.1) is 6.20 Å². The molecule has 1 amide bonds. The minimum absolute atomic E-state index is 0.102. The van der Waals surface area contributed by atoms with Crippen LogP contribution < -0.4 is 5.32 Å². The van der Waals surface area contributed by atoms with Crippen molar-refractivity contribution in [1.29, 1.82) is 0 Å². The molecule has 0 spiro atoms. The van der Waals surface area contributed by atoms with Gasteiger partial charge in [-0.2, -0.15) is 5.10 Å². The number of hydrogen-bond donors (Lipinski definition) is 2. The molecule has 5 heteroatoms. The van der Waals surface area contributed by atoms with Gasteiger partial charge >= 0.3 is 0 Å². The number of fused-ring (bicyclic) bond motifs is 1. The summed E-state index contributed by atoms with van der Waals surface area (Å²) in [5, 5.41) is 9.97. The molecule has 0 saturated carbocycles. The third kappa shape index (κ3) is 3.71. The molecule has 0 radical (unpaired) electrons. The van der Waals surface area contributed by atoms with E-state index in [4.69, 9.17) is 0 Å². The van der Waals surface area contributed by atoms with Crippen LogP contribution in [0.4, 0.5) is 0 Å². The molecule has 1 aromatic heterocycles. The summed E-state index contributed by atoms with van der Waals surface area (Å²) >= 11 is 0. The van der Waals surface area contributed by atoms with Gasteiger partial charge in [-0.1, -0.05) is 54.6 Å². The van der Waals surface area contributed by atoms with E-state index < -0.39 is 5.54 Å². The SMILES string of the molecule is CN(Cc1ccccc1)C1(C(=O)NCCc2cn[nH]c2)Cc2ccccc2C1. The smallest absolute Gasteiger partial charge is 0.241 e. The summed E-state index contributed by atoms with van der Waals surface area (Å²) in [6.45, 7) is 1.35. The van der Waals surface area contributed by atoms with E-state index >= 15 is 0 Å². The first-order valence-electron chi connectivity index (χ1n) is 9.75. The van der Waals surface area contributed by atoms with Crippen LogP contribution in [0.2, 0.25) is 0 Å².